The van der Waals surface area contributed by atoms with Crippen molar-refractivity contribution in [2.45, 2.75) is 20.3 Å². The first-order valence-electron chi connectivity index (χ1n) is 25.6. The summed E-state index contributed by atoms with van der Waals surface area (Å²) in [6.45, 7) is 4.33. The third kappa shape index (κ3) is 6.40. The lowest BCUT2D eigenvalue weighted by atomic mass is 9.99. The molecule has 0 bridgehead atoms. The van der Waals surface area contributed by atoms with E-state index in [4.69, 9.17) is 4.42 Å². The van der Waals surface area contributed by atoms with Crippen LogP contribution in [0.15, 0.2) is 241 Å². The van der Waals surface area contributed by atoms with Crippen LogP contribution in [-0.4, -0.2) is 13.7 Å². The van der Waals surface area contributed by atoms with Crippen LogP contribution in [0, 0.1) is 6.92 Å². The Morgan fingerprint density at radius 3 is 1.35 bits per heavy atom. The summed E-state index contributed by atoms with van der Waals surface area (Å²) in [6.07, 6.45) is 1.15. The number of furan rings is 1. The Labute approximate surface area is 430 Å². The van der Waals surface area contributed by atoms with Crippen molar-refractivity contribution < 1.29 is 4.42 Å². The van der Waals surface area contributed by atoms with E-state index < -0.39 is 0 Å². The Bertz CT molecular complexity index is 4760. The van der Waals surface area contributed by atoms with Gasteiger partial charge in [-0.1, -0.05) is 165 Å². The SMILES string of the molecule is CCc1ccccc1C.c1ccc2c(c1)sc1c(-n3c4ccccc4c4ccccc43)cc(-c3ccc4oc5c(-n6c7ccccc7c7ccccc76)cc(-n6c7ccccc7c7ccccc76)cc5c4c3)cc12. The minimum atomic E-state index is 0.856. The fourth-order valence-electron chi connectivity index (χ4n) is 12.0. The number of thiophene rings is 1. The van der Waals surface area contributed by atoms with Crippen LogP contribution in [0.2, 0.25) is 0 Å². The smallest absolute Gasteiger partial charge is 0.159 e. The van der Waals surface area contributed by atoms with Crippen molar-refractivity contribution in [3.05, 3.63) is 248 Å². The summed E-state index contributed by atoms with van der Waals surface area (Å²) in [6, 6.07) is 86.2. The van der Waals surface area contributed by atoms with Crippen molar-refractivity contribution in [2.24, 2.45) is 0 Å². The minimum Gasteiger partial charge on any atom is -0.454 e. The van der Waals surface area contributed by atoms with Gasteiger partial charge in [-0.2, -0.15) is 0 Å². The lowest BCUT2D eigenvalue weighted by Crippen LogP contribution is -1.99. The highest BCUT2D eigenvalue weighted by Crippen LogP contribution is 2.46. The summed E-state index contributed by atoms with van der Waals surface area (Å²) in [7, 11) is 0. The predicted molar refractivity (Wildman–Crippen MR) is 316 cm³/mol. The summed E-state index contributed by atoms with van der Waals surface area (Å²) in [5.41, 5.74) is 17.2. The van der Waals surface area contributed by atoms with Gasteiger partial charge < -0.3 is 18.1 Å². The monoisotopic (exact) mass is 965 g/mol. The highest BCUT2D eigenvalue weighted by atomic mass is 32.1. The summed E-state index contributed by atoms with van der Waals surface area (Å²) in [4.78, 5) is 0. The van der Waals surface area contributed by atoms with Crippen molar-refractivity contribution >= 4 is 119 Å². The van der Waals surface area contributed by atoms with Crippen LogP contribution >= 0.6 is 11.3 Å². The quantitative estimate of drug-likeness (QED) is 0.169. The number of aromatic nitrogens is 3. The second kappa shape index (κ2) is 16.7. The molecule has 0 unspecified atom stereocenters. The van der Waals surface area contributed by atoms with Crippen LogP contribution < -0.4 is 0 Å². The van der Waals surface area contributed by atoms with Gasteiger partial charge in [-0.3, -0.25) is 0 Å². The molecule has 5 aromatic heterocycles. The van der Waals surface area contributed by atoms with E-state index in [1.54, 1.807) is 0 Å². The molecule has 0 saturated carbocycles. The Morgan fingerprint density at radius 2 is 0.824 bits per heavy atom. The van der Waals surface area contributed by atoms with Gasteiger partial charge in [0.05, 0.1) is 49.2 Å². The highest BCUT2D eigenvalue weighted by molar-refractivity contribution is 7.26. The molecule has 0 aliphatic carbocycles. The third-order valence-electron chi connectivity index (χ3n) is 15.5. The average Bonchev–Trinajstić information content (AvgIpc) is 4.30. The first kappa shape index (κ1) is 42.5. The Kier molecular flexibility index (Phi) is 9.60. The average molecular weight is 966 g/mol. The van der Waals surface area contributed by atoms with E-state index >= 15 is 0 Å². The molecule has 0 atom stereocenters. The number of hydrogen-bond donors (Lipinski definition) is 0. The molecule has 0 fully saturated rings. The van der Waals surface area contributed by atoms with Gasteiger partial charge >= 0.3 is 0 Å². The molecule has 11 aromatic carbocycles. The highest BCUT2D eigenvalue weighted by Gasteiger charge is 2.23. The second-order valence-electron chi connectivity index (χ2n) is 19.5. The summed E-state index contributed by atoms with van der Waals surface area (Å²) in [5.74, 6) is 0. The fraction of sp³-hybridized carbons (Fsp3) is 0.0435. The maximum Gasteiger partial charge on any atom is 0.159 e. The molecular formula is C69H47N3OS. The third-order valence-corrected chi connectivity index (χ3v) is 16.7. The molecule has 0 aliphatic heterocycles. The van der Waals surface area contributed by atoms with Crippen molar-refractivity contribution in [3.8, 4) is 28.2 Å². The molecular weight excluding hydrogens is 919 g/mol. The fourth-order valence-corrected chi connectivity index (χ4v) is 13.2. The van der Waals surface area contributed by atoms with Crippen LogP contribution in [0.25, 0.3) is 136 Å². The number of hydrogen-bond acceptors (Lipinski definition) is 2. The zero-order valence-corrected chi connectivity index (χ0v) is 41.7. The Morgan fingerprint density at radius 1 is 0.365 bits per heavy atom. The molecule has 4 nitrogen and oxygen atoms in total. The molecule has 74 heavy (non-hydrogen) atoms. The van der Waals surface area contributed by atoms with Crippen molar-refractivity contribution in [1.82, 2.24) is 13.7 Å². The van der Waals surface area contributed by atoms with E-state index in [2.05, 4.69) is 264 Å². The van der Waals surface area contributed by atoms with Crippen molar-refractivity contribution in [2.75, 3.05) is 0 Å². The van der Waals surface area contributed by atoms with Crippen molar-refractivity contribution in [3.63, 3.8) is 0 Å². The van der Waals surface area contributed by atoms with Gasteiger partial charge in [0.25, 0.3) is 0 Å². The van der Waals surface area contributed by atoms with Crippen LogP contribution in [0.5, 0.6) is 0 Å². The molecule has 5 heteroatoms. The van der Waals surface area contributed by atoms with Gasteiger partial charge in [-0.25, -0.2) is 0 Å². The van der Waals surface area contributed by atoms with Crippen LogP contribution in [0.1, 0.15) is 18.1 Å². The second-order valence-corrected chi connectivity index (χ2v) is 20.6. The Hall–Kier alpha value is -9.16. The first-order valence-corrected chi connectivity index (χ1v) is 26.4. The van der Waals surface area contributed by atoms with Crippen LogP contribution in [0.3, 0.4) is 0 Å². The maximum atomic E-state index is 7.11. The number of rotatable bonds is 5. The van der Waals surface area contributed by atoms with E-state index in [9.17, 15) is 0 Å². The summed E-state index contributed by atoms with van der Waals surface area (Å²) >= 11 is 1.88. The number of fused-ring (bicyclic) bond motifs is 15. The lowest BCUT2D eigenvalue weighted by molar-refractivity contribution is 0.666. The van der Waals surface area contributed by atoms with Crippen LogP contribution in [0.4, 0.5) is 0 Å². The molecule has 0 N–H and O–H groups in total. The van der Waals surface area contributed by atoms with E-state index in [-0.39, 0.29) is 0 Å². The molecule has 0 amide bonds. The molecule has 350 valence electrons. The zero-order chi connectivity index (χ0) is 49.0. The van der Waals surface area contributed by atoms with Gasteiger partial charge in [0.2, 0.25) is 0 Å². The molecule has 0 radical (unpaired) electrons. The number of para-hydroxylation sites is 6. The van der Waals surface area contributed by atoms with Crippen molar-refractivity contribution in [1.29, 1.82) is 0 Å². The summed E-state index contributed by atoms with van der Waals surface area (Å²) < 4.78 is 17.0. The minimum absolute atomic E-state index is 0.856. The van der Waals surface area contributed by atoms with Gasteiger partial charge in [-0.05, 0) is 114 Å². The van der Waals surface area contributed by atoms with Gasteiger partial charge in [0.15, 0.2) is 5.58 Å². The lowest BCUT2D eigenvalue weighted by Gasteiger charge is -2.14. The topological polar surface area (TPSA) is 27.9 Å². The van der Waals surface area contributed by atoms with Gasteiger partial charge in [-0.15, -0.1) is 11.3 Å². The van der Waals surface area contributed by atoms with E-state index in [0.29, 0.717) is 0 Å². The van der Waals surface area contributed by atoms with E-state index in [0.717, 1.165) is 61.9 Å². The first-order chi connectivity index (χ1) is 36.6. The zero-order valence-electron chi connectivity index (χ0n) is 40.9. The maximum absolute atomic E-state index is 7.11. The molecule has 0 spiro atoms. The normalized spacial score (nSPS) is 12.0. The predicted octanol–water partition coefficient (Wildman–Crippen LogP) is 19.5. The van der Waals surface area contributed by atoms with Gasteiger partial charge in [0.1, 0.15) is 5.58 Å². The van der Waals surface area contributed by atoms with E-state index in [1.807, 2.05) is 11.3 Å². The largest absolute Gasteiger partial charge is 0.454 e. The van der Waals surface area contributed by atoms with Crippen LogP contribution in [-0.2, 0) is 6.42 Å². The molecule has 16 aromatic rings. The standard InChI is InChI=1S/C60H35N3OS.C9H12/c1-8-22-49-39(15-1)40-16-2-9-23-50(40)61(49)38-34-47-46-31-36(29-30-57(46)64-59(47)55(35-38)62-51-24-10-3-17-41(51)42-18-4-11-25-52(42)62)37-32-48-45-21-7-14-28-58(45)65-60(48)56(33-37)63-53-26-12-5-19-43(53)44-20-6-13-27-54(44)63;1-3-9-7-5-4-6-8(9)2/h1-35H;4-7H,3H2,1-2H3. The molecule has 0 aliphatic rings. The number of aryl methyl sites for hydroxylation is 2. The van der Waals surface area contributed by atoms with Gasteiger partial charge in [0, 0.05) is 64.2 Å². The molecule has 16 rings (SSSR count). The number of nitrogens with zero attached hydrogens (tertiary/aromatic N) is 3. The number of benzene rings is 11. The molecule has 5 heterocycles. The van der Waals surface area contributed by atoms with E-state index in [1.165, 1.54) is 91.4 Å². The Balaban J connectivity index is 0.000000490. The molecule has 0 saturated heterocycles. The summed E-state index contributed by atoms with van der Waals surface area (Å²) in [5, 5.41) is 12.1.